The van der Waals surface area contributed by atoms with Gasteiger partial charge in [0.25, 0.3) is 0 Å². The van der Waals surface area contributed by atoms with E-state index >= 15 is 0 Å². The van der Waals surface area contributed by atoms with Crippen LogP contribution in [-0.4, -0.2) is 40.8 Å². The van der Waals surface area contributed by atoms with Crippen LogP contribution < -0.4 is 0 Å². The van der Waals surface area contributed by atoms with Crippen molar-refractivity contribution in [3.8, 4) is 0 Å². The van der Waals surface area contributed by atoms with Crippen molar-refractivity contribution >= 4 is 50.8 Å². The quantitative estimate of drug-likeness (QED) is 0.251. The van der Waals surface area contributed by atoms with E-state index < -0.39 is 0 Å². The van der Waals surface area contributed by atoms with Crippen molar-refractivity contribution in [3.05, 3.63) is 78.9 Å². The minimum Gasteiger partial charge on any atom is -0.226 e. The van der Waals surface area contributed by atoms with Crippen molar-refractivity contribution in [2.24, 2.45) is 4.99 Å². The Bertz CT molecular complexity index is 1330. The topological polar surface area (TPSA) is 73.8 Å². The first-order chi connectivity index (χ1) is 13.8. The average molecular weight is 383 g/mol. The lowest BCUT2D eigenvalue weighted by atomic mass is 10.3. The molecule has 0 unspecified atom stereocenters. The van der Waals surface area contributed by atoms with Crippen LogP contribution in [-0.2, 0) is 0 Å². The molecule has 0 amide bonds. The summed E-state index contributed by atoms with van der Waals surface area (Å²) in [5.41, 5.74) is 3.88. The molecule has 7 nitrogen and oxygen atoms in total. The molecule has 0 N–H and O–H groups in total. The summed E-state index contributed by atoms with van der Waals surface area (Å²) in [4.78, 5) is 5.14. The van der Waals surface area contributed by atoms with Gasteiger partial charge >= 0.3 is 0 Å². The van der Waals surface area contributed by atoms with Gasteiger partial charge in [0.2, 0.25) is 0 Å². The van der Waals surface area contributed by atoms with Crippen LogP contribution in [0.4, 0.5) is 5.69 Å². The molecule has 28 heavy (non-hydrogen) atoms. The van der Waals surface area contributed by atoms with Crippen LogP contribution in [0.15, 0.2) is 83.9 Å². The molecule has 0 fully saturated rings. The first-order valence-electron chi connectivity index (χ1n) is 8.61. The molecule has 0 aliphatic carbocycles. The lowest BCUT2D eigenvalue weighted by Crippen LogP contribution is -2.29. The fraction of sp³-hybridized carbons (Fsp3) is 0. The molecule has 3 aromatic carbocycles. The zero-order valence-electron chi connectivity index (χ0n) is 14.5. The van der Waals surface area contributed by atoms with Crippen molar-refractivity contribution in [1.82, 2.24) is 30.0 Å². The second-order valence-electron chi connectivity index (χ2n) is 6.06. The second kappa shape index (κ2) is 6.75. The number of thiocarbonyl (C=S) groups is 1. The van der Waals surface area contributed by atoms with Crippen LogP contribution in [0.3, 0.4) is 0 Å². The molecule has 5 aromatic rings. The van der Waals surface area contributed by atoms with Crippen LogP contribution in [0.1, 0.15) is 0 Å². The van der Waals surface area contributed by atoms with Gasteiger partial charge in [0, 0.05) is 0 Å². The van der Waals surface area contributed by atoms with Crippen molar-refractivity contribution in [3.63, 3.8) is 0 Å². The molecule has 0 saturated carbocycles. The molecule has 2 heterocycles. The number of aliphatic imine (C=N–C) groups is 1. The molecular weight excluding hydrogens is 370 g/mol. The zero-order valence-corrected chi connectivity index (χ0v) is 15.4. The van der Waals surface area contributed by atoms with Crippen LogP contribution in [0.25, 0.3) is 22.1 Å². The maximum atomic E-state index is 5.77. The van der Waals surface area contributed by atoms with Gasteiger partial charge in [0.05, 0.1) is 16.7 Å². The summed E-state index contributed by atoms with van der Waals surface area (Å²) in [6.45, 7) is 0. The molecule has 0 bridgehead atoms. The van der Waals surface area contributed by atoms with Gasteiger partial charge < -0.3 is 0 Å². The summed E-state index contributed by atoms with van der Waals surface area (Å²) in [6, 6.07) is 24.9. The molecule has 5 rings (SSSR count). The van der Waals surface area contributed by atoms with Crippen LogP contribution in [0, 0.1) is 0 Å². The lowest BCUT2D eigenvalue weighted by Gasteiger charge is -2.09. The minimum absolute atomic E-state index is 0.383. The smallest absolute Gasteiger partial charge is 0.193 e. The van der Waals surface area contributed by atoms with E-state index in [0.717, 1.165) is 27.8 Å². The third kappa shape index (κ3) is 2.76. The normalized spacial score (nSPS) is 11.9. The number of rotatable bonds is 1. The maximum Gasteiger partial charge on any atom is 0.193 e. The molecule has 134 valence electrons. The third-order valence-electron chi connectivity index (χ3n) is 4.28. The van der Waals surface area contributed by atoms with Gasteiger partial charge in [-0.25, -0.2) is 4.99 Å². The van der Waals surface area contributed by atoms with E-state index in [1.165, 1.54) is 0 Å². The number of hydrogen-bond donors (Lipinski definition) is 0. The van der Waals surface area contributed by atoms with Crippen LogP contribution in [0.5, 0.6) is 0 Å². The highest BCUT2D eigenvalue weighted by atomic mass is 32.1. The van der Waals surface area contributed by atoms with Crippen LogP contribution >= 0.6 is 12.2 Å². The Balaban J connectivity index is 1.72. The van der Waals surface area contributed by atoms with Crippen molar-refractivity contribution < 1.29 is 0 Å². The highest BCUT2D eigenvalue weighted by molar-refractivity contribution is 7.82. The SMILES string of the molecule is S=C(C(=Nc1ccccc1)n1nnc2ccccc21)n1nnc2ccccc21. The number of benzene rings is 3. The van der Waals surface area contributed by atoms with Gasteiger partial charge in [-0.3, -0.25) is 0 Å². The van der Waals surface area contributed by atoms with E-state index in [9.17, 15) is 0 Å². The average Bonchev–Trinajstić information content (AvgIpc) is 3.37. The molecular formula is C20H13N7S. The number of para-hydroxylation sites is 3. The standard InChI is InChI=1S/C20H13N7S/c28-20(27-18-13-7-5-11-16(18)23-25-27)19(21-14-8-2-1-3-9-14)26-17-12-6-4-10-15(17)22-24-26/h1-13H. The number of nitrogens with zero attached hydrogens (tertiary/aromatic N) is 7. The Morgan fingerprint density at radius 2 is 1.21 bits per heavy atom. The molecule has 8 heteroatoms. The first-order valence-corrected chi connectivity index (χ1v) is 9.02. The maximum absolute atomic E-state index is 5.77. The molecule has 2 aromatic heterocycles. The summed E-state index contributed by atoms with van der Waals surface area (Å²) in [6.07, 6.45) is 0. The monoisotopic (exact) mass is 383 g/mol. The molecule has 0 aliphatic heterocycles. The van der Waals surface area contributed by atoms with E-state index in [0.29, 0.717) is 10.8 Å². The minimum atomic E-state index is 0.383. The Hall–Kier alpha value is -3.78. The van der Waals surface area contributed by atoms with E-state index in [4.69, 9.17) is 17.2 Å². The Morgan fingerprint density at radius 3 is 1.89 bits per heavy atom. The molecule has 0 atom stereocenters. The summed E-state index contributed by atoms with van der Waals surface area (Å²) < 4.78 is 3.24. The van der Waals surface area contributed by atoms with E-state index in [1.807, 2.05) is 78.9 Å². The van der Waals surface area contributed by atoms with Gasteiger partial charge in [-0.1, -0.05) is 65.1 Å². The summed E-state index contributed by atoms with van der Waals surface area (Å²) >= 11 is 5.77. The Labute approximate surface area is 164 Å². The summed E-state index contributed by atoms with van der Waals surface area (Å²) in [5.74, 6) is 0.450. The van der Waals surface area contributed by atoms with E-state index in [2.05, 4.69) is 20.6 Å². The van der Waals surface area contributed by atoms with Gasteiger partial charge in [0.15, 0.2) is 10.8 Å². The van der Waals surface area contributed by atoms with Gasteiger partial charge in [-0.05, 0) is 36.4 Å². The van der Waals surface area contributed by atoms with E-state index in [1.54, 1.807) is 9.36 Å². The van der Waals surface area contributed by atoms with E-state index in [-0.39, 0.29) is 0 Å². The Morgan fingerprint density at radius 1 is 0.679 bits per heavy atom. The molecule has 0 radical (unpaired) electrons. The number of fused-ring (bicyclic) bond motifs is 2. The van der Waals surface area contributed by atoms with Crippen molar-refractivity contribution in [2.75, 3.05) is 0 Å². The van der Waals surface area contributed by atoms with Crippen molar-refractivity contribution in [2.45, 2.75) is 0 Å². The predicted octanol–water partition coefficient (Wildman–Crippen LogP) is 3.63. The second-order valence-corrected chi connectivity index (χ2v) is 6.44. The van der Waals surface area contributed by atoms with Crippen molar-refractivity contribution in [1.29, 1.82) is 0 Å². The summed E-state index contributed by atoms with van der Waals surface area (Å²) in [7, 11) is 0. The van der Waals surface area contributed by atoms with Crippen LogP contribution in [0.2, 0.25) is 0 Å². The van der Waals surface area contributed by atoms with Gasteiger partial charge in [0.1, 0.15) is 11.0 Å². The molecule has 0 saturated heterocycles. The van der Waals surface area contributed by atoms with Gasteiger partial charge in [-0.2, -0.15) is 9.36 Å². The third-order valence-corrected chi connectivity index (χ3v) is 4.63. The van der Waals surface area contributed by atoms with Gasteiger partial charge in [-0.15, -0.1) is 10.2 Å². The summed E-state index contributed by atoms with van der Waals surface area (Å²) in [5, 5.41) is 17.0. The fourth-order valence-electron chi connectivity index (χ4n) is 2.95. The lowest BCUT2D eigenvalue weighted by molar-refractivity contribution is 0.848. The highest BCUT2D eigenvalue weighted by Crippen LogP contribution is 2.17. The number of hydrogen-bond acceptors (Lipinski definition) is 6. The highest BCUT2D eigenvalue weighted by Gasteiger charge is 2.19. The largest absolute Gasteiger partial charge is 0.226 e. The number of aromatic nitrogens is 6. The first kappa shape index (κ1) is 16.4. The fourth-order valence-corrected chi connectivity index (χ4v) is 3.22. The Kier molecular flexibility index (Phi) is 3.95. The predicted molar refractivity (Wildman–Crippen MR) is 112 cm³/mol. The molecule has 0 spiro atoms. The zero-order chi connectivity index (χ0) is 18.9. The molecule has 0 aliphatic rings.